The largest absolute Gasteiger partial charge is 0.507 e. The molecule has 2 aromatic carbocycles. The molecule has 8 N–H and O–H groups in total. The number of hydrogen-bond donors (Lipinski definition) is 7. The fraction of sp³-hybridized carbons (Fsp3) is 0.464. The van der Waals surface area contributed by atoms with Gasteiger partial charge in [0.15, 0.2) is 23.6 Å². The van der Waals surface area contributed by atoms with Gasteiger partial charge in [0, 0.05) is 54.2 Å². The molecular formula is C28H32N2O10. The summed E-state index contributed by atoms with van der Waals surface area (Å²) >= 11 is 0. The number of ether oxygens (including phenoxy) is 2. The van der Waals surface area contributed by atoms with Gasteiger partial charge in [0.05, 0.1) is 41.6 Å². The van der Waals surface area contributed by atoms with Crippen LogP contribution in [0.25, 0.3) is 0 Å². The number of anilines is 1. The standard InChI is InChI=1S/C28H32N2O10/c1-11-23(33)15(29)8-18(39-11)40-17-10-28(38,12(2)32)9-14-20(17)27(37)22-21(25(14)35)24(34)13-4-3-5-16(30-6-7-31)19(13)26(22)36/h3-5,11,15,17-18,23,30-31,33,35,37-38H,6-10,29H2,1-2H3. The maximum absolute atomic E-state index is 13.8. The summed E-state index contributed by atoms with van der Waals surface area (Å²) in [5, 5.41) is 56.5. The molecule has 2 aliphatic carbocycles. The molecule has 0 aromatic heterocycles. The van der Waals surface area contributed by atoms with Crippen LogP contribution in [0.3, 0.4) is 0 Å². The number of Topliss-reactive ketones (excluding diaryl/α,β-unsaturated/α-hetero) is 1. The summed E-state index contributed by atoms with van der Waals surface area (Å²) in [6.45, 7) is 2.64. The van der Waals surface area contributed by atoms with E-state index in [0.29, 0.717) is 0 Å². The van der Waals surface area contributed by atoms with Crippen LogP contribution in [0.2, 0.25) is 0 Å². The van der Waals surface area contributed by atoms with E-state index in [0.717, 1.165) is 0 Å². The van der Waals surface area contributed by atoms with Gasteiger partial charge in [-0.25, -0.2) is 0 Å². The third kappa shape index (κ3) is 4.37. The van der Waals surface area contributed by atoms with Crippen LogP contribution < -0.4 is 11.1 Å². The van der Waals surface area contributed by atoms with Crippen LogP contribution in [0, 0.1) is 0 Å². The summed E-state index contributed by atoms with van der Waals surface area (Å²) in [6, 6.07) is 3.80. The van der Waals surface area contributed by atoms with Crippen molar-refractivity contribution in [1.82, 2.24) is 0 Å². The quantitative estimate of drug-likeness (QED) is 0.206. The Morgan fingerprint density at radius 1 is 1.18 bits per heavy atom. The fourth-order valence-corrected chi connectivity index (χ4v) is 5.86. The number of carbonyl (C=O) groups excluding carboxylic acids is 3. The van der Waals surface area contributed by atoms with E-state index < -0.39 is 82.6 Å². The monoisotopic (exact) mass is 556 g/mol. The minimum Gasteiger partial charge on any atom is -0.507 e. The van der Waals surface area contributed by atoms with Gasteiger partial charge in [0.25, 0.3) is 0 Å². The number of benzene rings is 2. The first-order valence-electron chi connectivity index (χ1n) is 13.0. The number of aliphatic hydroxyl groups excluding tert-OH is 2. The molecular weight excluding hydrogens is 524 g/mol. The molecule has 1 aliphatic heterocycles. The molecule has 0 spiro atoms. The summed E-state index contributed by atoms with van der Waals surface area (Å²) in [5.74, 6) is -3.35. The Bertz CT molecular complexity index is 1400. The Hall–Kier alpha value is -3.39. The average Bonchev–Trinajstić information content (AvgIpc) is 2.90. The van der Waals surface area contributed by atoms with Crippen LogP contribution in [0.15, 0.2) is 18.2 Å². The van der Waals surface area contributed by atoms with Crippen LogP contribution in [-0.2, 0) is 20.7 Å². The minimum absolute atomic E-state index is 0.0160. The Labute approximate surface area is 229 Å². The molecule has 2 aromatic rings. The molecule has 1 fully saturated rings. The number of aromatic hydroxyl groups is 2. The molecule has 0 bridgehead atoms. The number of ketones is 3. The van der Waals surface area contributed by atoms with E-state index in [4.69, 9.17) is 15.2 Å². The predicted octanol–water partition coefficient (Wildman–Crippen LogP) is 0.424. The van der Waals surface area contributed by atoms with Crippen molar-refractivity contribution < 1.29 is 49.4 Å². The van der Waals surface area contributed by atoms with Gasteiger partial charge < -0.3 is 46.1 Å². The zero-order valence-corrected chi connectivity index (χ0v) is 22.0. The Kier molecular flexibility index (Phi) is 7.19. The van der Waals surface area contributed by atoms with Gasteiger partial charge in [-0.1, -0.05) is 12.1 Å². The lowest BCUT2D eigenvalue weighted by Crippen LogP contribution is -2.52. The Morgan fingerprint density at radius 3 is 2.52 bits per heavy atom. The van der Waals surface area contributed by atoms with Crippen molar-refractivity contribution in [2.45, 2.75) is 69.4 Å². The lowest BCUT2D eigenvalue weighted by Gasteiger charge is -2.42. The van der Waals surface area contributed by atoms with Crippen LogP contribution in [0.1, 0.15) is 75.8 Å². The van der Waals surface area contributed by atoms with Crippen molar-refractivity contribution >= 4 is 23.0 Å². The van der Waals surface area contributed by atoms with Crippen molar-refractivity contribution in [2.75, 3.05) is 18.5 Å². The van der Waals surface area contributed by atoms with Gasteiger partial charge in [0.1, 0.15) is 17.1 Å². The van der Waals surface area contributed by atoms with Crippen molar-refractivity contribution in [3.63, 3.8) is 0 Å². The SMILES string of the molecule is CC(=O)C1(O)Cc2c(O)c3c(c(O)c2C(OC2CC(N)C(O)C(C)O2)C1)C(=O)c1c(NCCO)cccc1C3=O. The number of hydrogen-bond acceptors (Lipinski definition) is 12. The Balaban J connectivity index is 1.66. The third-order valence-electron chi connectivity index (χ3n) is 8.04. The van der Waals surface area contributed by atoms with E-state index in [1.807, 2.05) is 0 Å². The van der Waals surface area contributed by atoms with E-state index in [1.54, 1.807) is 13.0 Å². The summed E-state index contributed by atoms with van der Waals surface area (Å²) in [4.78, 5) is 40.0. The van der Waals surface area contributed by atoms with Crippen LogP contribution in [0.5, 0.6) is 11.5 Å². The highest BCUT2D eigenvalue weighted by Crippen LogP contribution is 2.52. The molecule has 214 valence electrons. The lowest BCUT2D eigenvalue weighted by atomic mass is 9.72. The molecule has 1 heterocycles. The summed E-state index contributed by atoms with van der Waals surface area (Å²) in [6.07, 6.45) is -4.63. The van der Waals surface area contributed by atoms with E-state index in [9.17, 15) is 39.9 Å². The number of phenolic OH excluding ortho intramolecular Hbond substituents is 2. The highest BCUT2D eigenvalue weighted by atomic mass is 16.7. The summed E-state index contributed by atoms with van der Waals surface area (Å²) in [7, 11) is 0. The van der Waals surface area contributed by atoms with Crippen molar-refractivity contribution in [2.24, 2.45) is 5.73 Å². The fourth-order valence-electron chi connectivity index (χ4n) is 5.86. The van der Waals surface area contributed by atoms with E-state index >= 15 is 0 Å². The normalized spacial score (nSPS) is 29.4. The van der Waals surface area contributed by atoms with Gasteiger partial charge in [0.2, 0.25) is 0 Å². The van der Waals surface area contributed by atoms with E-state index in [1.165, 1.54) is 19.1 Å². The second kappa shape index (κ2) is 10.2. The second-order valence-corrected chi connectivity index (χ2v) is 10.6. The number of nitrogens with one attached hydrogen (secondary N) is 1. The van der Waals surface area contributed by atoms with Crippen molar-refractivity contribution in [1.29, 1.82) is 0 Å². The van der Waals surface area contributed by atoms with Crippen LogP contribution in [0.4, 0.5) is 5.69 Å². The lowest BCUT2D eigenvalue weighted by molar-refractivity contribution is -0.247. The molecule has 12 nitrogen and oxygen atoms in total. The molecule has 0 amide bonds. The maximum atomic E-state index is 13.8. The molecule has 6 atom stereocenters. The topological polar surface area (TPSA) is 209 Å². The molecule has 1 saturated heterocycles. The first-order chi connectivity index (χ1) is 18.9. The average molecular weight is 557 g/mol. The summed E-state index contributed by atoms with van der Waals surface area (Å²) in [5.41, 5.74) is 3.21. The highest BCUT2D eigenvalue weighted by molar-refractivity contribution is 6.32. The van der Waals surface area contributed by atoms with Gasteiger partial charge in [-0.15, -0.1) is 0 Å². The number of nitrogens with two attached hydrogens (primary N) is 1. The summed E-state index contributed by atoms with van der Waals surface area (Å²) < 4.78 is 11.8. The Morgan fingerprint density at radius 2 is 1.88 bits per heavy atom. The first-order valence-corrected chi connectivity index (χ1v) is 13.0. The molecule has 40 heavy (non-hydrogen) atoms. The zero-order chi connectivity index (χ0) is 29.1. The van der Waals surface area contributed by atoms with Crippen molar-refractivity contribution in [3.05, 3.63) is 51.6 Å². The smallest absolute Gasteiger partial charge is 0.200 e. The van der Waals surface area contributed by atoms with Gasteiger partial charge in [-0.2, -0.15) is 0 Å². The van der Waals surface area contributed by atoms with E-state index in [-0.39, 0.29) is 53.9 Å². The number of rotatable bonds is 6. The van der Waals surface area contributed by atoms with Crippen LogP contribution >= 0.6 is 0 Å². The predicted molar refractivity (Wildman–Crippen MR) is 139 cm³/mol. The van der Waals surface area contributed by atoms with E-state index in [2.05, 4.69) is 5.32 Å². The van der Waals surface area contributed by atoms with Crippen molar-refractivity contribution in [3.8, 4) is 11.5 Å². The molecule has 0 radical (unpaired) electrons. The number of aliphatic hydroxyl groups is 3. The zero-order valence-electron chi connectivity index (χ0n) is 22.0. The minimum atomic E-state index is -2.02. The number of carbonyl (C=O) groups is 3. The second-order valence-electron chi connectivity index (χ2n) is 10.6. The number of fused-ring (bicyclic) bond motifs is 3. The van der Waals surface area contributed by atoms with Gasteiger partial charge in [-0.05, 0) is 19.9 Å². The molecule has 6 unspecified atom stereocenters. The molecule has 5 rings (SSSR count). The van der Waals surface area contributed by atoms with Crippen LogP contribution in [-0.4, -0.2) is 86.2 Å². The molecule has 12 heteroatoms. The molecule has 3 aliphatic rings. The van der Waals surface area contributed by atoms with Gasteiger partial charge >= 0.3 is 0 Å². The molecule has 0 saturated carbocycles. The van der Waals surface area contributed by atoms with Gasteiger partial charge in [-0.3, -0.25) is 14.4 Å². The first kappa shape index (κ1) is 28.1. The number of phenols is 2. The maximum Gasteiger partial charge on any atom is 0.200 e. The third-order valence-corrected chi connectivity index (χ3v) is 8.04. The highest BCUT2D eigenvalue weighted by Gasteiger charge is 2.49.